The molecule has 15 heavy (non-hydrogen) atoms. The molecule has 82 valence electrons. The average Bonchev–Trinajstić information content (AvgIpc) is 2.63. The van der Waals surface area contributed by atoms with E-state index in [4.69, 9.17) is 0 Å². The Morgan fingerprint density at radius 2 is 2.60 bits per heavy atom. The topological polar surface area (TPSA) is 54.0 Å². The van der Waals surface area contributed by atoms with Crippen LogP contribution in [-0.2, 0) is 11.3 Å². The number of piperidine rings is 1. The van der Waals surface area contributed by atoms with Crippen LogP contribution in [0.3, 0.4) is 0 Å². The van der Waals surface area contributed by atoms with E-state index in [1.807, 2.05) is 12.4 Å². The lowest BCUT2D eigenvalue weighted by atomic mass is 10.1. The number of aryl methyl sites for hydroxylation is 1. The fourth-order valence-electron chi connectivity index (χ4n) is 1.64. The van der Waals surface area contributed by atoms with E-state index in [-0.39, 0.29) is 5.91 Å². The van der Waals surface area contributed by atoms with Gasteiger partial charge in [-0.1, -0.05) is 0 Å². The van der Waals surface area contributed by atoms with Crippen LogP contribution in [0.15, 0.2) is 5.51 Å². The molecule has 1 aromatic rings. The second-order valence-corrected chi connectivity index (χ2v) is 4.72. The van der Waals surface area contributed by atoms with E-state index in [0.717, 1.165) is 25.2 Å². The van der Waals surface area contributed by atoms with E-state index in [9.17, 15) is 4.79 Å². The van der Waals surface area contributed by atoms with Gasteiger partial charge >= 0.3 is 0 Å². The summed E-state index contributed by atoms with van der Waals surface area (Å²) < 4.78 is 0. The fourth-order valence-corrected chi connectivity index (χ4v) is 2.37. The Balaban J connectivity index is 1.79. The SMILES string of the molecule is Cc1ncsc1CNC1CCC(=O)NC1. The molecule has 1 fully saturated rings. The number of carbonyl (C=O) groups is 1. The first-order valence-corrected chi connectivity index (χ1v) is 6.02. The molecule has 1 atom stereocenters. The van der Waals surface area contributed by atoms with Crippen molar-refractivity contribution in [2.24, 2.45) is 0 Å². The predicted octanol–water partition coefficient (Wildman–Crippen LogP) is 0.820. The van der Waals surface area contributed by atoms with E-state index in [0.29, 0.717) is 12.5 Å². The molecule has 5 heteroatoms. The molecule has 1 aliphatic rings. The Morgan fingerprint density at radius 3 is 3.20 bits per heavy atom. The van der Waals surface area contributed by atoms with Crippen LogP contribution in [0.5, 0.6) is 0 Å². The van der Waals surface area contributed by atoms with Crippen LogP contribution in [0, 0.1) is 6.92 Å². The molecule has 0 aliphatic carbocycles. The number of nitrogens with one attached hydrogen (secondary N) is 2. The van der Waals surface area contributed by atoms with Gasteiger partial charge in [-0.2, -0.15) is 0 Å². The number of aromatic nitrogens is 1. The molecular formula is C10H15N3OS. The highest BCUT2D eigenvalue weighted by molar-refractivity contribution is 7.09. The molecule has 1 amide bonds. The lowest BCUT2D eigenvalue weighted by Crippen LogP contribution is -2.45. The van der Waals surface area contributed by atoms with Gasteiger partial charge in [-0.3, -0.25) is 4.79 Å². The Kier molecular flexibility index (Phi) is 3.33. The number of carbonyl (C=O) groups excluding carboxylic acids is 1. The highest BCUT2D eigenvalue weighted by Gasteiger charge is 2.17. The number of amides is 1. The molecule has 0 bridgehead atoms. The second-order valence-electron chi connectivity index (χ2n) is 3.78. The standard InChI is InChI=1S/C10H15N3OS/c1-7-9(15-6-13-7)5-11-8-2-3-10(14)12-4-8/h6,8,11H,2-5H2,1H3,(H,12,14). The minimum absolute atomic E-state index is 0.169. The smallest absolute Gasteiger partial charge is 0.220 e. The van der Waals surface area contributed by atoms with Gasteiger partial charge in [0.25, 0.3) is 0 Å². The number of rotatable bonds is 3. The van der Waals surface area contributed by atoms with Crippen LogP contribution in [0.2, 0.25) is 0 Å². The summed E-state index contributed by atoms with van der Waals surface area (Å²) >= 11 is 1.68. The molecule has 1 unspecified atom stereocenters. The third-order valence-corrected chi connectivity index (χ3v) is 3.60. The van der Waals surface area contributed by atoms with Crippen molar-refractivity contribution in [1.29, 1.82) is 0 Å². The minimum Gasteiger partial charge on any atom is -0.355 e. The van der Waals surface area contributed by atoms with E-state index < -0.39 is 0 Å². The van der Waals surface area contributed by atoms with Crippen molar-refractivity contribution in [3.63, 3.8) is 0 Å². The van der Waals surface area contributed by atoms with Crippen LogP contribution in [0.1, 0.15) is 23.4 Å². The molecule has 1 aromatic heterocycles. The molecule has 0 spiro atoms. The summed E-state index contributed by atoms with van der Waals surface area (Å²) in [4.78, 5) is 16.4. The molecular weight excluding hydrogens is 210 g/mol. The lowest BCUT2D eigenvalue weighted by Gasteiger charge is -2.23. The summed E-state index contributed by atoms with van der Waals surface area (Å²) in [7, 11) is 0. The van der Waals surface area contributed by atoms with Gasteiger partial charge < -0.3 is 10.6 Å². The summed E-state index contributed by atoms with van der Waals surface area (Å²) in [5.74, 6) is 0.169. The molecule has 0 aromatic carbocycles. The first-order chi connectivity index (χ1) is 7.25. The first kappa shape index (κ1) is 10.6. The quantitative estimate of drug-likeness (QED) is 0.801. The number of hydrogen-bond donors (Lipinski definition) is 2. The molecule has 0 radical (unpaired) electrons. The second kappa shape index (κ2) is 4.72. The van der Waals surface area contributed by atoms with Crippen LogP contribution in [-0.4, -0.2) is 23.5 Å². The molecule has 1 saturated heterocycles. The normalized spacial score (nSPS) is 21.4. The van der Waals surface area contributed by atoms with Crippen molar-refractivity contribution in [1.82, 2.24) is 15.6 Å². The van der Waals surface area contributed by atoms with Gasteiger partial charge in [0.05, 0.1) is 11.2 Å². The van der Waals surface area contributed by atoms with Crippen LogP contribution in [0.4, 0.5) is 0 Å². The highest BCUT2D eigenvalue weighted by Crippen LogP contribution is 2.12. The van der Waals surface area contributed by atoms with Gasteiger partial charge in [-0.25, -0.2) is 4.98 Å². The third kappa shape index (κ3) is 2.76. The molecule has 4 nitrogen and oxygen atoms in total. The first-order valence-electron chi connectivity index (χ1n) is 5.15. The van der Waals surface area contributed by atoms with Gasteiger partial charge in [-0.15, -0.1) is 11.3 Å². The van der Waals surface area contributed by atoms with Crippen molar-refractivity contribution in [3.05, 3.63) is 16.1 Å². The van der Waals surface area contributed by atoms with E-state index >= 15 is 0 Å². The van der Waals surface area contributed by atoms with Gasteiger partial charge in [0.1, 0.15) is 0 Å². The van der Waals surface area contributed by atoms with Crippen molar-refractivity contribution < 1.29 is 4.79 Å². The molecule has 2 rings (SSSR count). The molecule has 2 N–H and O–H groups in total. The van der Waals surface area contributed by atoms with Gasteiger partial charge in [-0.05, 0) is 13.3 Å². The maximum absolute atomic E-state index is 10.9. The van der Waals surface area contributed by atoms with E-state index in [2.05, 4.69) is 15.6 Å². The summed E-state index contributed by atoms with van der Waals surface area (Å²) in [6.07, 6.45) is 1.57. The molecule has 2 heterocycles. The van der Waals surface area contributed by atoms with Crippen LogP contribution >= 0.6 is 11.3 Å². The zero-order chi connectivity index (χ0) is 10.7. The van der Waals surface area contributed by atoms with Crippen molar-refractivity contribution in [3.8, 4) is 0 Å². The summed E-state index contributed by atoms with van der Waals surface area (Å²) in [5, 5.41) is 6.30. The zero-order valence-electron chi connectivity index (χ0n) is 8.75. The Morgan fingerprint density at radius 1 is 1.73 bits per heavy atom. The fraction of sp³-hybridized carbons (Fsp3) is 0.600. The molecule has 1 aliphatic heterocycles. The summed E-state index contributed by atoms with van der Waals surface area (Å²) in [5.41, 5.74) is 2.97. The number of nitrogens with zero attached hydrogens (tertiary/aromatic N) is 1. The van der Waals surface area contributed by atoms with Crippen LogP contribution in [0.25, 0.3) is 0 Å². The lowest BCUT2D eigenvalue weighted by molar-refractivity contribution is -0.122. The van der Waals surface area contributed by atoms with Gasteiger partial charge in [0.15, 0.2) is 0 Å². The monoisotopic (exact) mass is 225 g/mol. The largest absolute Gasteiger partial charge is 0.355 e. The zero-order valence-corrected chi connectivity index (χ0v) is 9.56. The summed E-state index contributed by atoms with van der Waals surface area (Å²) in [6.45, 7) is 3.63. The Labute approximate surface area is 93.1 Å². The van der Waals surface area contributed by atoms with Crippen molar-refractivity contribution in [2.45, 2.75) is 32.4 Å². The number of thiazole rings is 1. The van der Waals surface area contributed by atoms with E-state index in [1.54, 1.807) is 11.3 Å². The van der Waals surface area contributed by atoms with Crippen LogP contribution < -0.4 is 10.6 Å². The maximum Gasteiger partial charge on any atom is 0.220 e. The van der Waals surface area contributed by atoms with Gasteiger partial charge in [0.2, 0.25) is 5.91 Å². The number of hydrogen-bond acceptors (Lipinski definition) is 4. The van der Waals surface area contributed by atoms with Crippen molar-refractivity contribution >= 4 is 17.2 Å². The Hall–Kier alpha value is -0.940. The molecule has 0 saturated carbocycles. The van der Waals surface area contributed by atoms with Crippen molar-refractivity contribution in [2.75, 3.05) is 6.54 Å². The predicted molar refractivity (Wildman–Crippen MR) is 59.7 cm³/mol. The maximum atomic E-state index is 10.9. The minimum atomic E-state index is 0.169. The van der Waals surface area contributed by atoms with Gasteiger partial charge in [0, 0.05) is 30.4 Å². The third-order valence-electron chi connectivity index (χ3n) is 2.66. The average molecular weight is 225 g/mol. The summed E-state index contributed by atoms with van der Waals surface area (Å²) in [6, 6.07) is 0.407. The Bertz CT molecular complexity index is 340. The highest BCUT2D eigenvalue weighted by atomic mass is 32.1. The van der Waals surface area contributed by atoms with E-state index in [1.165, 1.54) is 4.88 Å².